The molecule has 1 radical (unpaired) electrons. The van der Waals surface area contributed by atoms with Gasteiger partial charge in [-0.2, -0.15) is 0 Å². The molecule has 0 amide bonds. The molecule has 0 nitrogen and oxygen atoms in total. The first-order valence-electron chi connectivity index (χ1n) is 4.96. The van der Waals surface area contributed by atoms with Crippen LogP contribution in [-0.2, 0) is 0 Å². The second-order valence-corrected chi connectivity index (χ2v) is 3.39. The average molecular weight is 175 g/mol. The summed E-state index contributed by atoms with van der Waals surface area (Å²) in [5.41, 5.74) is 2.68. The van der Waals surface area contributed by atoms with Crippen molar-refractivity contribution in [2.45, 2.75) is 34.0 Å². The van der Waals surface area contributed by atoms with Crippen LogP contribution in [0.4, 0.5) is 0 Å². The quantitative estimate of drug-likeness (QED) is 0.440. The van der Waals surface area contributed by atoms with Gasteiger partial charge in [0.2, 0.25) is 0 Å². The van der Waals surface area contributed by atoms with Gasteiger partial charge in [-0.1, -0.05) is 57.5 Å². The van der Waals surface area contributed by atoms with Gasteiger partial charge in [-0.25, -0.2) is 0 Å². The SMILES string of the molecule is C=C/C=C(C)\C=C(\[B]C)C(C)CC. The van der Waals surface area contributed by atoms with Crippen LogP contribution in [0.5, 0.6) is 0 Å². The molecule has 0 fully saturated rings. The summed E-state index contributed by atoms with van der Waals surface area (Å²) in [6.07, 6.45) is 7.29. The molecule has 13 heavy (non-hydrogen) atoms. The Kier molecular flexibility index (Phi) is 6.39. The summed E-state index contributed by atoms with van der Waals surface area (Å²) in [5, 5.41) is 0. The molecule has 0 rings (SSSR count). The Balaban J connectivity index is 4.55. The molecule has 0 aliphatic carbocycles. The summed E-state index contributed by atoms with van der Waals surface area (Å²) < 4.78 is 0. The van der Waals surface area contributed by atoms with Gasteiger partial charge >= 0.3 is 0 Å². The molecule has 1 atom stereocenters. The fourth-order valence-corrected chi connectivity index (χ4v) is 1.24. The summed E-state index contributed by atoms with van der Waals surface area (Å²) in [4.78, 5) is 0. The van der Waals surface area contributed by atoms with Crippen molar-refractivity contribution in [3.05, 3.63) is 35.9 Å². The first kappa shape index (κ1) is 12.3. The van der Waals surface area contributed by atoms with Crippen molar-refractivity contribution in [1.82, 2.24) is 0 Å². The molecule has 0 saturated carbocycles. The maximum Gasteiger partial charge on any atom is 0.142 e. The summed E-state index contributed by atoms with van der Waals surface area (Å²) in [6.45, 7) is 12.4. The van der Waals surface area contributed by atoms with Crippen molar-refractivity contribution in [1.29, 1.82) is 0 Å². The van der Waals surface area contributed by atoms with Crippen molar-refractivity contribution in [2.24, 2.45) is 5.92 Å². The van der Waals surface area contributed by atoms with Crippen LogP contribution in [0, 0.1) is 5.92 Å². The van der Waals surface area contributed by atoms with Crippen molar-refractivity contribution < 1.29 is 0 Å². The second-order valence-electron chi connectivity index (χ2n) is 3.39. The fourth-order valence-electron chi connectivity index (χ4n) is 1.24. The van der Waals surface area contributed by atoms with Gasteiger partial charge < -0.3 is 0 Å². The molecule has 0 saturated heterocycles. The molecule has 0 aromatic heterocycles. The molecule has 0 spiro atoms. The van der Waals surface area contributed by atoms with Crippen molar-refractivity contribution in [3.8, 4) is 0 Å². The minimum atomic E-state index is 0.651. The number of allylic oxidation sites excluding steroid dienone is 5. The molecule has 71 valence electrons. The van der Waals surface area contributed by atoms with E-state index >= 15 is 0 Å². The molecule has 1 unspecified atom stereocenters. The monoisotopic (exact) mass is 175 g/mol. The average Bonchev–Trinajstić information content (AvgIpc) is 2.13. The van der Waals surface area contributed by atoms with E-state index in [4.69, 9.17) is 0 Å². The minimum absolute atomic E-state index is 0.651. The number of hydrogen-bond acceptors (Lipinski definition) is 0. The third-order valence-corrected chi connectivity index (χ3v) is 2.29. The lowest BCUT2D eigenvalue weighted by Gasteiger charge is -2.11. The second kappa shape index (κ2) is 6.76. The van der Waals surface area contributed by atoms with Gasteiger partial charge in [0.05, 0.1) is 0 Å². The first-order valence-corrected chi connectivity index (χ1v) is 4.96. The molecule has 0 N–H and O–H groups in total. The van der Waals surface area contributed by atoms with E-state index in [0.29, 0.717) is 5.92 Å². The van der Waals surface area contributed by atoms with Crippen LogP contribution in [0.2, 0.25) is 6.82 Å². The Labute approximate surface area is 83.7 Å². The van der Waals surface area contributed by atoms with E-state index in [1.807, 2.05) is 12.2 Å². The number of rotatable bonds is 5. The highest BCUT2D eigenvalue weighted by molar-refractivity contribution is 6.43. The van der Waals surface area contributed by atoms with Crippen LogP contribution < -0.4 is 0 Å². The summed E-state index contributed by atoms with van der Waals surface area (Å²) in [7, 11) is 2.19. The van der Waals surface area contributed by atoms with Crippen LogP contribution in [0.1, 0.15) is 27.2 Å². The first-order chi connectivity index (χ1) is 6.15. The lowest BCUT2D eigenvalue weighted by Crippen LogP contribution is -2.03. The third-order valence-electron chi connectivity index (χ3n) is 2.29. The zero-order chi connectivity index (χ0) is 10.3. The molecule has 0 aromatic carbocycles. The van der Waals surface area contributed by atoms with E-state index in [2.05, 4.69) is 47.5 Å². The van der Waals surface area contributed by atoms with Crippen molar-refractivity contribution in [3.63, 3.8) is 0 Å². The van der Waals surface area contributed by atoms with E-state index in [1.54, 1.807) is 0 Å². The number of hydrogen-bond donors (Lipinski definition) is 0. The van der Waals surface area contributed by atoms with Gasteiger partial charge in [-0.3, -0.25) is 0 Å². The van der Waals surface area contributed by atoms with Gasteiger partial charge in [0.1, 0.15) is 7.28 Å². The Bertz CT molecular complexity index is 211. The summed E-state index contributed by atoms with van der Waals surface area (Å²) in [5.74, 6) is 0.651. The van der Waals surface area contributed by atoms with Crippen LogP contribution in [-0.4, -0.2) is 7.28 Å². The Morgan fingerprint density at radius 1 is 1.54 bits per heavy atom. The highest BCUT2D eigenvalue weighted by Crippen LogP contribution is 2.15. The van der Waals surface area contributed by atoms with Gasteiger partial charge in [0, 0.05) is 0 Å². The molecular weight excluding hydrogens is 155 g/mol. The van der Waals surface area contributed by atoms with E-state index in [0.717, 1.165) is 0 Å². The Hall–Kier alpha value is -0.715. The fraction of sp³-hybridized carbons (Fsp3) is 0.500. The van der Waals surface area contributed by atoms with Crippen LogP contribution >= 0.6 is 0 Å². The molecular formula is C12H20B. The van der Waals surface area contributed by atoms with Gasteiger partial charge in [-0.15, -0.1) is 5.47 Å². The lowest BCUT2D eigenvalue weighted by molar-refractivity contribution is 0.682. The zero-order valence-corrected chi connectivity index (χ0v) is 9.30. The normalized spacial score (nSPS) is 15.4. The smallest absolute Gasteiger partial charge is 0.106 e. The summed E-state index contributed by atoms with van der Waals surface area (Å²) in [6, 6.07) is 0. The molecule has 0 bridgehead atoms. The van der Waals surface area contributed by atoms with Gasteiger partial charge in [0.15, 0.2) is 0 Å². The molecule has 0 heterocycles. The maximum absolute atomic E-state index is 3.68. The highest BCUT2D eigenvalue weighted by Gasteiger charge is 2.03. The van der Waals surface area contributed by atoms with E-state index in [9.17, 15) is 0 Å². The van der Waals surface area contributed by atoms with E-state index in [1.165, 1.54) is 17.5 Å². The van der Waals surface area contributed by atoms with Gasteiger partial charge in [-0.05, 0) is 12.8 Å². The standard InChI is InChI=1S/C12H20B/c1-6-8-10(3)9-12(13-5)11(4)7-2/h6,8-9,11H,1,7H2,2-5H3/b10-8-,12-9+. The predicted molar refractivity (Wildman–Crippen MR) is 63.1 cm³/mol. The molecule has 0 aliphatic rings. The van der Waals surface area contributed by atoms with E-state index < -0.39 is 0 Å². The maximum atomic E-state index is 3.68. The minimum Gasteiger partial charge on any atom is -0.106 e. The Morgan fingerprint density at radius 2 is 2.15 bits per heavy atom. The van der Waals surface area contributed by atoms with Crippen LogP contribution in [0.3, 0.4) is 0 Å². The molecule has 0 aliphatic heterocycles. The van der Waals surface area contributed by atoms with Gasteiger partial charge in [0.25, 0.3) is 0 Å². The molecule has 1 heteroatoms. The van der Waals surface area contributed by atoms with Crippen molar-refractivity contribution >= 4 is 7.28 Å². The lowest BCUT2D eigenvalue weighted by atomic mass is 9.66. The third kappa shape index (κ3) is 4.77. The Morgan fingerprint density at radius 3 is 2.54 bits per heavy atom. The van der Waals surface area contributed by atoms with Crippen LogP contribution in [0.25, 0.3) is 0 Å². The largest absolute Gasteiger partial charge is 0.142 e. The van der Waals surface area contributed by atoms with Crippen molar-refractivity contribution in [2.75, 3.05) is 0 Å². The topological polar surface area (TPSA) is 0 Å². The van der Waals surface area contributed by atoms with E-state index in [-0.39, 0.29) is 0 Å². The highest BCUT2D eigenvalue weighted by atomic mass is 14.0. The van der Waals surface area contributed by atoms with Crippen LogP contribution in [0.15, 0.2) is 35.9 Å². The predicted octanol–water partition coefficient (Wildman–Crippen LogP) is 3.80. The summed E-state index contributed by atoms with van der Waals surface area (Å²) >= 11 is 0. The molecule has 0 aromatic rings. The zero-order valence-electron chi connectivity index (χ0n) is 9.30.